The predicted molar refractivity (Wildman–Crippen MR) is 65.7 cm³/mol. The standard InChI is InChI=1S/C12H9F2N3S/c13-7-1-2-9(14)10(5-7)18-11-6-17-4-3-8(11)12(15)16/h1-6H,(H3,15,16). The molecule has 3 nitrogen and oxygen atoms in total. The Morgan fingerprint density at radius 1 is 1.22 bits per heavy atom. The predicted octanol–water partition coefficient (Wildman–Crippen LogP) is 2.80. The van der Waals surface area contributed by atoms with E-state index in [1.165, 1.54) is 12.4 Å². The number of hydrogen-bond acceptors (Lipinski definition) is 3. The van der Waals surface area contributed by atoms with Crippen molar-refractivity contribution < 1.29 is 8.78 Å². The van der Waals surface area contributed by atoms with Crippen LogP contribution in [-0.2, 0) is 0 Å². The molecule has 0 aliphatic rings. The molecule has 0 unspecified atom stereocenters. The molecule has 0 aliphatic carbocycles. The van der Waals surface area contributed by atoms with Crippen LogP contribution in [0.15, 0.2) is 46.5 Å². The minimum Gasteiger partial charge on any atom is -0.384 e. The van der Waals surface area contributed by atoms with Gasteiger partial charge in [0, 0.05) is 22.9 Å². The maximum absolute atomic E-state index is 13.5. The van der Waals surface area contributed by atoms with Gasteiger partial charge in [-0.1, -0.05) is 11.8 Å². The first-order chi connectivity index (χ1) is 8.58. The van der Waals surface area contributed by atoms with Crippen molar-refractivity contribution in [3.8, 4) is 0 Å². The van der Waals surface area contributed by atoms with Crippen molar-refractivity contribution >= 4 is 17.6 Å². The average molecular weight is 265 g/mol. The van der Waals surface area contributed by atoms with E-state index in [-0.39, 0.29) is 10.7 Å². The number of nitrogens with zero attached hydrogens (tertiary/aromatic N) is 1. The molecular formula is C12H9F2N3S. The van der Waals surface area contributed by atoms with Gasteiger partial charge in [-0.25, -0.2) is 8.78 Å². The second kappa shape index (κ2) is 5.14. The fraction of sp³-hybridized carbons (Fsp3) is 0. The topological polar surface area (TPSA) is 62.8 Å². The van der Waals surface area contributed by atoms with Gasteiger partial charge < -0.3 is 5.73 Å². The summed E-state index contributed by atoms with van der Waals surface area (Å²) in [6.45, 7) is 0. The van der Waals surface area contributed by atoms with Gasteiger partial charge in [-0.2, -0.15) is 0 Å². The Morgan fingerprint density at radius 3 is 2.72 bits per heavy atom. The second-order valence-electron chi connectivity index (χ2n) is 3.46. The van der Waals surface area contributed by atoms with Crippen molar-refractivity contribution in [3.05, 3.63) is 53.9 Å². The summed E-state index contributed by atoms with van der Waals surface area (Å²) in [6, 6.07) is 4.76. The van der Waals surface area contributed by atoms with Crippen LogP contribution in [0.2, 0.25) is 0 Å². The first-order valence-corrected chi connectivity index (χ1v) is 5.81. The lowest BCUT2D eigenvalue weighted by Gasteiger charge is -2.07. The SMILES string of the molecule is N=C(N)c1ccncc1Sc1cc(F)ccc1F. The van der Waals surface area contributed by atoms with E-state index in [9.17, 15) is 8.78 Å². The van der Waals surface area contributed by atoms with E-state index in [2.05, 4.69) is 4.98 Å². The van der Waals surface area contributed by atoms with Crippen molar-refractivity contribution in [1.82, 2.24) is 4.98 Å². The number of nitrogens with one attached hydrogen (secondary N) is 1. The van der Waals surface area contributed by atoms with Gasteiger partial charge in [0.25, 0.3) is 0 Å². The van der Waals surface area contributed by atoms with Gasteiger partial charge in [0.05, 0.1) is 4.90 Å². The number of amidine groups is 1. The van der Waals surface area contributed by atoms with Crippen LogP contribution in [0.3, 0.4) is 0 Å². The molecule has 0 bridgehead atoms. The monoisotopic (exact) mass is 265 g/mol. The second-order valence-corrected chi connectivity index (χ2v) is 4.55. The summed E-state index contributed by atoms with van der Waals surface area (Å²) >= 11 is 0.985. The molecule has 1 aromatic heterocycles. The summed E-state index contributed by atoms with van der Waals surface area (Å²) < 4.78 is 26.5. The number of rotatable bonds is 3. The summed E-state index contributed by atoms with van der Waals surface area (Å²) in [5, 5.41) is 7.41. The van der Waals surface area contributed by atoms with Crippen molar-refractivity contribution in [2.24, 2.45) is 5.73 Å². The molecule has 0 spiro atoms. The van der Waals surface area contributed by atoms with Gasteiger partial charge in [-0.15, -0.1) is 0 Å². The summed E-state index contributed by atoms with van der Waals surface area (Å²) in [4.78, 5) is 4.53. The summed E-state index contributed by atoms with van der Waals surface area (Å²) in [6.07, 6.45) is 2.95. The lowest BCUT2D eigenvalue weighted by molar-refractivity contribution is 0.577. The Bertz CT molecular complexity index is 602. The minimum absolute atomic E-state index is 0.130. The summed E-state index contributed by atoms with van der Waals surface area (Å²) in [5.41, 5.74) is 5.85. The van der Waals surface area contributed by atoms with Crippen LogP contribution in [0.5, 0.6) is 0 Å². The number of benzene rings is 1. The van der Waals surface area contributed by atoms with E-state index >= 15 is 0 Å². The average Bonchev–Trinajstić information content (AvgIpc) is 2.34. The van der Waals surface area contributed by atoms with Crippen molar-refractivity contribution in [2.45, 2.75) is 9.79 Å². The molecule has 6 heteroatoms. The number of nitrogens with two attached hydrogens (primary N) is 1. The van der Waals surface area contributed by atoms with E-state index in [1.807, 2.05) is 0 Å². The van der Waals surface area contributed by atoms with E-state index in [4.69, 9.17) is 11.1 Å². The maximum Gasteiger partial charge on any atom is 0.137 e. The largest absolute Gasteiger partial charge is 0.384 e. The number of halogens is 2. The Kier molecular flexibility index (Phi) is 3.57. The normalized spacial score (nSPS) is 10.3. The van der Waals surface area contributed by atoms with E-state index in [1.54, 1.807) is 6.07 Å². The third-order valence-electron chi connectivity index (χ3n) is 2.19. The fourth-order valence-electron chi connectivity index (χ4n) is 1.36. The highest BCUT2D eigenvalue weighted by atomic mass is 32.2. The van der Waals surface area contributed by atoms with Gasteiger partial charge in [0.15, 0.2) is 0 Å². The van der Waals surface area contributed by atoms with Crippen LogP contribution < -0.4 is 5.73 Å². The molecule has 2 rings (SSSR count). The summed E-state index contributed by atoms with van der Waals surface area (Å²) in [5.74, 6) is -1.19. The highest BCUT2D eigenvalue weighted by Crippen LogP contribution is 2.31. The molecule has 0 amide bonds. The zero-order valence-corrected chi connectivity index (χ0v) is 9.97. The number of aromatic nitrogens is 1. The molecule has 3 N–H and O–H groups in total. The van der Waals surface area contributed by atoms with Crippen LogP contribution >= 0.6 is 11.8 Å². The van der Waals surface area contributed by atoms with Crippen LogP contribution in [0.4, 0.5) is 8.78 Å². The number of pyridine rings is 1. The van der Waals surface area contributed by atoms with Crippen LogP contribution in [0.1, 0.15) is 5.56 Å². The first-order valence-electron chi connectivity index (χ1n) is 4.99. The molecule has 2 aromatic rings. The molecule has 0 atom stereocenters. The Morgan fingerprint density at radius 2 is 2.00 bits per heavy atom. The molecule has 18 heavy (non-hydrogen) atoms. The smallest absolute Gasteiger partial charge is 0.137 e. The zero-order chi connectivity index (χ0) is 13.1. The summed E-state index contributed by atoms with van der Waals surface area (Å²) in [7, 11) is 0. The zero-order valence-electron chi connectivity index (χ0n) is 9.15. The lowest BCUT2D eigenvalue weighted by Crippen LogP contribution is -2.12. The van der Waals surface area contributed by atoms with Crippen LogP contribution in [0, 0.1) is 17.0 Å². The van der Waals surface area contributed by atoms with Crippen molar-refractivity contribution in [3.63, 3.8) is 0 Å². The highest BCUT2D eigenvalue weighted by molar-refractivity contribution is 7.99. The van der Waals surface area contributed by atoms with E-state index in [0.717, 1.165) is 30.0 Å². The van der Waals surface area contributed by atoms with Crippen LogP contribution in [-0.4, -0.2) is 10.8 Å². The minimum atomic E-state index is -0.528. The molecule has 0 saturated carbocycles. The molecule has 1 aromatic carbocycles. The third kappa shape index (κ3) is 2.65. The van der Waals surface area contributed by atoms with Gasteiger partial charge in [0.2, 0.25) is 0 Å². The van der Waals surface area contributed by atoms with E-state index in [0.29, 0.717) is 10.5 Å². The molecule has 0 saturated heterocycles. The molecule has 1 heterocycles. The van der Waals surface area contributed by atoms with Crippen molar-refractivity contribution in [2.75, 3.05) is 0 Å². The molecule has 92 valence electrons. The third-order valence-corrected chi connectivity index (χ3v) is 3.27. The molecule has 0 radical (unpaired) electrons. The number of hydrogen-bond donors (Lipinski definition) is 2. The Hall–Kier alpha value is -1.95. The maximum atomic E-state index is 13.5. The quantitative estimate of drug-likeness (QED) is 0.662. The molecular weight excluding hydrogens is 256 g/mol. The first kappa shape index (κ1) is 12.5. The fourth-order valence-corrected chi connectivity index (χ4v) is 2.33. The Labute approximate surface area is 107 Å². The van der Waals surface area contributed by atoms with Gasteiger partial charge in [-0.3, -0.25) is 10.4 Å². The van der Waals surface area contributed by atoms with Gasteiger partial charge in [-0.05, 0) is 24.3 Å². The molecule has 0 fully saturated rings. The van der Waals surface area contributed by atoms with Crippen LogP contribution in [0.25, 0.3) is 0 Å². The van der Waals surface area contributed by atoms with E-state index < -0.39 is 11.6 Å². The molecule has 0 aliphatic heterocycles. The lowest BCUT2D eigenvalue weighted by atomic mass is 10.2. The Balaban J connectivity index is 2.40. The highest BCUT2D eigenvalue weighted by Gasteiger charge is 2.10. The van der Waals surface area contributed by atoms with Crippen molar-refractivity contribution in [1.29, 1.82) is 5.41 Å². The number of nitrogen functional groups attached to an aromatic ring is 1. The van der Waals surface area contributed by atoms with Gasteiger partial charge in [0.1, 0.15) is 17.5 Å². The van der Waals surface area contributed by atoms with Gasteiger partial charge >= 0.3 is 0 Å².